The number of amides is 1. The van der Waals surface area contributed by atoms with Gasteiger partial charge in [-0.1, -0.05) is 48.5 Å². The summed E-state index contributed by atoms with van der Waals surface area (Å²) >= 11 is 2.76. The highest BCUT2D eigenvalue weighted by atomic mass is 32.2. The van der Waals surface area contributed by atoms with Gasteiger partial charge in [0.15, 0.2) is 9.99 Å². The van der Waals surface area contributed by atoms with Crippen molar-refractivity contribution in [2.75, 3.05) is 17.2 Å². The van der Waals surface area contributed by atoms with Crippen LogP contribution in [0.5, 0.6) is 0 Å². The summed E-state index contributed by atoms with van der Waals surface area (Å²) in [5.41, 5.74) is 2.55. The minimum Gasteiger partial charge on any atom is -0.311 e. The first-order valence-electron chi connectivity index (χ1n) is 11.1. The van der Waals surface area contributed by atoms with E-state index in [1.54, 1.807) is 17.0 Å². The Morgan fingerprint density at radius 3 is 2.44 bits per heavy atom. The average molecular weight is 495 g/mol. The van der Waals surface area contributed by atoms with Gasteiger partial charge in [0.05, 0.1) is 5.69 Å². The van der Waals surface area contributed by atoms with E-state index in [-0.39, 0.29) is 18.1 Å². The van der Waals surface area contributed by atoms with Crippen LogP contribution in [-0.2, 0) is 11.3 Å². The summed E-state index contributed by atoms with van der Waals surface area (Å²) in [6, 6.07) is 14.9. The van der Waals surface area contributed by atoms with Crippen LogP contribution in [0.15, 0.2) is 62.5 Å². The predicted octanol–water partition coefficient (Wildman–Crippen LogP) is 4.39. The van der Waals surface area contributed by atoms with Crippen molar-refractivity contribution in [1.82, 2.24) is 14.1 Å². The number of rotatable bonds is 7. The van der Waals surface area contributed by atoms with E-state index in [2.05, 4.69) is 4.98 Å². The maximum Gasteiger partial charge on any atom is 0.337 e. The maximum atomic E-state index is 13.6. The molecule has 0 saturated heterocycles. The number of hydrogen-bond acceptors (Lipinski definition) is 6. The van der Waals surface area contributed by atoms with Crippen LogP contribution in [0.2, 0.25) is 0 Å². The Hall–Kier alpha value is -3.17. The third-order valence-electron chi connectivity index (χ3n) is 5.45. The fraction of sp³-hybridized carbons (Fsp3) is 0.280. The summed E-state index contributed by atoms with van der Waals surface area (Å²) in [4.78, 5) is 46.6. The molecule has 2 aromatic heterocycles. The number of thioether (sulfide) groups is 1. The molecule has 0 aliphatic rings. The molecular weight excluding hydrogens is 468 g/mol. The highest BCUT2D eigenvalue weighted by Crippen LogP contribution is 2.27. The smallest absolute Gasteiger partial charge is 0.311 e. The Balaban J connectivity index is 1.88. The van der Waals surface area contributed by atoms with Crippen molar-refractivity contribution in [2.45, 2.75) is 38.6 Å². The molecule has 9 heteroatoms. The number of carbonyl (C=O) groups is 1. The molecule has 176 valence electrons. The van der Waals surface area contributed by atoms with Crippen LogP contribution in [0.25, 0.3) is 16.0 Å². The number of aryl methyl sites for hydroxylation is 2. The van der Waals surface area contributed by atoms with Gasteiger partial charge in [-0.2, -0.15) is 0 Å². The van der Waals surface area contributed by atoms with E-state index in [1.165, 1.54) is 27.7 Å². The third kappa shape index (κ3) is 4.58. The Kier molecular flexibility index (Phi) is 7.04. The first kappa shape index (κ1) is 24.0. The van der Waals surface area contributed by atoms with Gasteiger partial charge in [0, 0.05) is 12.2 Å². The lowest BCUT2D eigenvalue weighted by Crippen LogP contribution is -2.42. The fourth-order valence-electron chi connectivity index (χ4n) is 3.78. The highest BCUT2D eigenvalue weighted by Gasteiger charge is 2.23. The second-order valence-corrected chi connectivity index (χ2v) is 10.4. The number of nitrogens with zero attached hydrogens (tertiary/aromatic N) is 4. The third-order valence-corrected chi connectivity index (χ3v) is 7.51. The fourth-order valence-corrected chi connectivity index (χ4v) is 5.75. The molecule has 4 aromatic rings. The van der Waals surface area contributed by atoms with Crippen molar-refractivity contribution < 1.29 is 4.79 Å². The molecule has 0 spiro atoms. The second-order valence-electron chi connectivity index (χ2n) is 7.89. The van der Waals surface area contributed by atoms with E-state index in [0.29, 0.717) is 21.3 Å². The van der Waals surface area contributed by atoms with Gasteiger partial charge >= 0.3 is 5.69 Å². The van der Waals surface area contributed by atoms with Crippen LogP contribution in [-0.4, -0.2) is 32.3 Å². The number of carbonyl (C=O) groups excluding carboxylic acids is 1. The largest absolute Gasteiger partial charge is 0.337 e. The predicted molar refractivity (Wildman–Crippen MR) is 140 cm³/mol. The van der Waals surface area contributed by atoms with Crippen LogP contribution in [0.1, 0.15) is 25.0 Å². The first-order chi connectivity index (χ1) is 16.3. The summed E-state index contributed by atoms with van der Waals surface area (Å²) in [5.74, 6) is 0.537. The van der Waals surface area contributed by atoms with E-state index in [9.17, 15) is 14.4 Å². The maximum absolute atomic E-state index is 13.6. The highest BCUT2D eigenvalue weighted by molar-refractivity contribution is 8.01. The first-order valence-corrected chi connectivity index (χ1v) is 12.9. The molecule has 0 bridgehead atoms. The van der Waals surface area contributed by atoms with Gasteiger partial charge in [0.25, 0.3) is 5.56 Å². The van der Waals surface area contributed by atoms with Gasteiger partial charge in [-0.15, -0.1) is 11.3 Å². The molecule has 34 heavy (non-hydrogen) atoms. The molecule has 2 heterocycles. The van der Waals surface area contributed by atoms with Gasteiger partial charge in [-0.3, -0.25) is 14.2 Å². The number of anilines is 1. The van der Waals surface area contributed by atoms with Crippen LogP contribution in [0, 0.1) is 13.8 Å². The van der Waals surface area contributed by atoms with Crippen molar-refractivity contribution in [3.8, 4) is 5.69 Å². The number of hydrogen-bond donors (Lipinski definition) is 0. The standard InChI is InChI=1S/C25H26N4O3S2/c1-5-27(19-9-7-8-17(4)14-19)20(30)15-28-22-21(34-24(26-22)33-6-2)23(31)29(25(28)32)18-12-10-16(3)11-13-18/h7-14H,5-6,15H2,1-4H3. The second kappa shape index (κ2) is 9.99. The minimum atomic E-state index is -0.576. The number of aromatic nitrogens is 3. The topological polar surface area (TPSA) is 77.2 Å². The van der Waals surface area contributed by atoms with Gasteiger partial charge in [-0.05, 0) is 56.4 Å². The lowest BCUT2D eigenvalue weighted by Gasteiger charge is -2.22. The SMILES string of the molecule is CCSc1nc2c(s1)c(=O)n(-c1ccc(C)cc1)c(=O)n2CC(=O)N(CC)c1cccc(C)c1. The van der Waals surface area contributed by atoms with Gasteiger partial charge < -0.3 is 4.90 Å². The molecule has 0 aliphatic heterocycles. The molecular formula is C25H26N4O3S2. The van der Waals surface area contributed by atoms with E-state index in [0.717, 1.165) is 27.1 Å². The molecule has 7 nitrogen and oxygen atoms in total. The molecule has 0 unspecified atom stereocenters. The number of likely N-dealkylation sites (N-methyl/N-ethyl adjacent to an activating group) is 1. The molecule has 4 rings (SSSR count). The lowest BCUT2D eigenvalue weighted by atomic mass is 10.2. The minimum absolute atomic E-state index is 0.219. The van der Waals surface area contributed by atoms with Crippen molar-refractivity contribution in [2.24, 2.45) is 0 Å². The molecule has 0 saturated carbocycles. The van der Waals surface area contributed by atoms with Crippen LogP contribution < -0.4 is 16.1 Å². The summed E-state index contributed by atoms with van der Waals surface area (Å²) in [5, 5.41) is 0. The lowest BCUT2D eigenvalue weighted by molar-refractivity contribution is -0.119. The van der Waals surface area contributed by atoms with E-state index < -0.39 is 11.2 Å². The molecule has 0 radical (unpaired) electrons. The molecule has 0 fully saturated rings. The monoisotopic (exact) mass is 494 g/mol. The summed E-state index contributed by atoms with van der Waals surface area (Å²) in [6.45, 7) is 8.03. The zero-order valence-corrected chi connectivity index (χ0v) is 21.2. The van der Waals surface area contributed by atoms with Gasteiger partial charge in [-0.25, -0.2) is 14.3 Å². The summed E-state index contributed by atoms with van der Waals surface area (Å²) in [6.07, 6.45) is 0. The molecule has 0 aliphatic carbocycles. The van der Waals surface area contributed by atoms with E-state index in [4.69, 9.17) is 0 Å². The Morgan fingerprint density at radius 1 is 1.06 bits per heavy atom. The molecule has 0 N–H and O–H groups in total. The van der Waals surface area contributed by atoms with Crippen LogP contribution in [0.4, 0.5) is 5.69 Å². The summed E-state index contributed by atoms with van der Waals surface area (Å²) in [7, 11) is 0. The van der Waals surface area contributed by atoms with Crippen molar-refractivity contribution >= 4 is 45.0 Å². The zero-order chi connectivity index (χ0) is 24.4. The Morgan fingerprint density at radius 2 is 1.79 bits per heavy atom. The average Bonchev–Trinajstić information content (AvgIpc) is 3.23. The van der Waals surface area contributed by atoms with Crippen molar-refractivity contribution in [3.05, 3.63) is 80.5 Å². The normalized spacial score (nSPS) is 11.2. The van der Waals surface area contributed by atoms with Gasteiger partial charge in [0.1, 0.15) is 11.2 Å². The number of thiazole rings is 1. The quantitative estimate of drug-likeness (QED) is 0.356. The summed E-state index contributed by atoms with van der Waals surface area (Å²) < 4.78 is 3.52. The number of fused-ring (bicyclic) bond motifs is 1. The van der Waals surface area contributed by atoms with Crippen molar-refractivity contribution in [3.63, 3.8) is 0 Å². The van der Waals surface area contributed by atoms with Crippen molar-refractivity contribution in [1.29, 1.82) is 0 Å². The molecule has 2 aromatic carbocycles. The Labute approximate surface area is 205 Å². The zero-order valence-electron chi connectivity index (χ0n) is 19.6. The molecule has 1 amide bonds. The van der Waals surface area contributed by atoms with E-state index >= 15 is 0 Å². The molecule has 0 atom stereocenters. The van der Waals surface area contributed by atoms with Gasteiger partial charge in [0.2, 0.25) is 5.91 Å². The van der Waals surface area contributed by atoms with Crippen LogP contribution >= 0.6 is 23.1 Å². The van der Waals surface area contributed by atoms with Crippen LogP contribution in [0.3, 0.4) is 0 Å². The van der Waals surface area contributed by atoms with E-state index in [1.807, 2.05) is 64.1 Å². The number of benzene rings is 2. The Bertz CT molecular complexity index is 1470.